The number of carbonyl (C=O) groups is 3. The highest BCUT2D eigenvalue weighted by Gasteiger charge is 2.56. The second-order valence-electron chi connectivity index (χ2n) is 4.44. The van der Waals surface area contributed by atoms with E-state index in [4.69, 9.17) is 9.84 Å². The number of thioether (sulfide) groups is 2. The zero-order valence-corrected chi connectivity index (χ0v) is 13.2. The number of rotatable bonds is 5. The van der Waals surface area contributed by atoms with Gasteiger partial charge in [-0.3, -0.25) is 14.5 Å². The first kappa shape index (κ1) is 16.0. The zero-order valence-electron chi connectivity index (χ0n) is 11.6. The first-order valence-electron chi connectivity index (χ1n) is 6.35. The quantitative estimate of drug-likeness (QED) is 0.336. The van der Waals surface area contributed by atoms with Gasteiger partial charge in [0.1, 0.15) is 9.96 Å². The van der Waals surface area contributed by atoms with Crippen molar-refractivity contribution in [3.8, 4) is 0 Å². The number of hydrogen-bond acceptors (Lipinski definition) is 6. The summed E-state index contributed by atoms with van der Waals surface area (Å²) in [5.41, 5.74) is 0.684. The molecule has 2 saturated heterocycles. The molecule has 0 saturated carbocycles. The fourth-order valence-electron chi connectivity index (χ4n) is 2.16. The molecule has 2 heterocycles. The van der Waals surface area contributed by atoms with Gasteiger partial charge in [-0.25, -0.2) is 4.79 Å². The van der Waals surface area contributed by atoms with Crippen LogP contribution in [0, 0.1) is 0 Å². The molecule has 0 aromatic heterocycles. The van der Waals surface area contributed by atoms with E-state index in [2.05, 4.69) is 5.32 Å². The molecule has 0 aromatic carbocycles. The molecule has 2 aliphatic heterocycles. The molecule has 0 spiro atoms. The lowest BCUT2D eigenvalue weighted by Crippen LogP contribution is -2.55. The Labute approximate surface area is 130 Å². The van der Waals surface area contributed by atoms with E-state index in [9.17, 15) is 14.4 Å². The van der Waals surface area contributed by atoms with Crippen molar-refractivity contribution in [3.63, 3.8) is 0 Å². The van der Waals surface area contributed by atoms with E-state index in [1.807, 2.05) is 0 Å². The molecule has 2 aliphatic rings. The van der Waals surface area contributed by atoms with Crippen LogP contribution < -0.4 is 5.32 Å². The Kier molecular flexibility index (Phi) is 5.04. The van der Waals surface area contributed by atoms with Gasteiger partial charge in [0.2, 0.25) is 12.1 Å². The predicted molar refractivity (Wildman–Crippen MR) is 79.8 cm³/mol. The van der Waals surface area contributed by atoms with Crippen LogP contribution in [0.15, 0.2) is 11.6 Å². The molecule has 2 fully saturated rings. The Bertz CT molecular complexity index is 496. The lowest BCUT2D eigenvalue weighted by atomic mass is 10.1. The molecule has 21 heavy (non-hydrogen) atoms. The highest BCUT2D eigenvalue weighted by molar-refractivity contribution is 8.17. The number of allylic oxidation sites excluding steroid dienone is 1. The molecule has 0 aromatic rings. The van der Waals surface area contributed by atoms with Crippen LogP contribution in [0.25, 0.3) is 0 Å². The molecule has 2 unspecified atom stereocenters. The fourth-order valence-corrected chi connectivity index (χ4v) is 5.19. The molecule has 2 amide bonds. The van der Waals surface area contributed by atoms with Crippen LogP contribution in [0.2, 0.25) is 0 Å². The van der Waals surface area contributed by atoms with E-state index in [-0.39, 0.29) is 21.8 Å². The summed E-state index contributed by atoms with van der Waals surface area (Å²) in [5, 5.41) is 11.4. The summed E-state index contributed by atoms with van der Waals surface area (Å²) in [5.74, 6) is 0.339. The number of fused-ring (bicyclic) bond motifs is 1. The SMILES string of the molecule is CC=C1C(=O)N2C(OC(=O)O)C(SCCNC(C)=O)S[C@@H]12. The maximum absolute atomic E-state index is 11.9. The molecule has 0 bridgehead atoms. The van der Waals surface area contributed by atoms with Gasteiger partial charge in [-0.1, -0.05) is 6.08 Å². The van der Waals surface area contributed by atoms with Gasteiger partial charge >= 0.3 is 6.16 Å². The monoisotopic (exact) mass is 332 g/mol. The standard InChI is InChI=1S/C12H16N2O5S2/c1-3-7-8(16)14-9(19-12(17)18)11(21-10(7)14)20-5-4-13-6(2)15/h3,9-11H,4-5H2,1-2H3,(H,13,15)(H,17,18)/t9?,10-,11?/m0/s1. The minimum Gasteiger partial charge on any atom is -0.450 e. The summed E-state index contributed by atoms with van der Waals surface area (Å²) >= 11 is 2.98. The molecule has 0 aliphatic carbocycles. The number of carboxylic acid groups (broad SMARTS) is 1. The molecule has 2 N–H and O–H groups in total. The van der Waals surface area contributed by atoms with Crippen LogP contribution in [0.1, 0.15) is 13.8 Å². The van der Waals surface area contributed by atoms with E-state index in [1.165, 1.54) is 35.3 Å². The van der Waals surface area contributed by atoms with Crippen LogP contribution in [0.5, 0.6) is 0 Å². The van der Waals surface area contributed by atoms with Crippen LogP contribution in [-0.2, 0) is 14.3 Å². The molecule has 9 heteroatoms. The third-order valence-electron chi connectivity index (χ3n) is 3.06. The summed E-state index contributed by atoms with van der Waals surface area (Å²) in [6.07, 6.45) is -0.426. The van der Waals surface area contributed by atoms with Crippen molar-refractivity contribution >= 4 is 41.5 Å². The van der Waals surface area contributed by atoms with Crippen molar-refractivity contribution in [2.24, 2.45) is 0 Å². The van der Waals surface area contributed by atoms with Crippen LogP contribution in [0.4, 0.5) is 4.79 Å². The van der Waals surface area contributed by atoms with Crippen LogP contribution >= 0.6 is 23.5 Å². The molecule has 0 radical (unpaired) electrons. The molecule has 3 atom stereocenters. The summed E-state index contributed by atoms with van der Waals surface area (Å²) in [6.45, 7) is 3.72. The van der Waals surface area contributed by atoms with E-state index in [0.29, 0.717) is 17.9 Å². The van der Waals surface area contributed by atoms with Crippen molar-refractivity contribution in [1.29, 1.82) is 0 Å². The van der Waals surface area contributed by atoms with Crippen molar-refractivity contribution in [1.82, 2.24) is 10.2 Å². The van der Waals surface area contributed by atoms with Crippen LogP contribution in [0.3, 0.4) is 0 Å². The molecule has 7 nitrogen and oxygen atoms in total. The Morgan fingerprint density at radius 2 is 2.29 bits per heavy atom. The van der Waals surface area contributed by atoms with Crippen molar-refractivity contribution < 1.29 is 24.2 Å². The second kappa shape index (κ2) is 6.61. The maximum Gasteiger partial charge on any atom is 0.507 e. The topological polar surface area (TPSA) is 95.9 Å². The first-order chi connectivity index (χ1) is 9.95. The van der Waals surface area contributed by atoms with Gasteiger partial charge in [0.15, 0.2) is 0 Å². The van der Waals surface area contributed by atoms with Gasteiger partial charge in [-0.15, -0.1) is 23.5 Å². The van der Waals surface area contributed by atoms with Gasteiger partial charge in [0, 0.05) is 24.8 Å². The largest absolute Gasteiger partial charge is 0.507 e. The molecular weight excluding hydrogens is 316 g/mol. The van der Waals surface area contributed by atoms with Crippen molar-refractivity contribution in [3.05, 3.63) is 11.6 Å². The molecular formula is C12H16N2O5S2. The first-order valence-corrected chi connectivity index (χ1v) is 8.34. The average Bonchev–Trinajstić information content (AvgIpc) is 2.68. The van der Waals surface area contributed by atoms with E-state index in [1.54, 1.807) is 13.0 Å². The number of β-lactam (4-membered cyclic amide) rings is 1. The summed E-state index contributed by atoms with van der Waals surface area (Å²) in [7, 11) is 0. The average molecular weight is 332 g/mol. The van der Waals surface area contributed by atoms with Gasteiger partial charge < -0.3 is 15.2 Å². The van der Waals surface area contributed by atoms with Crippen molar-refractivity contribution in [2.75, 3.05) is 12.3 Å². The summed E-state index contributed by atoms with van der Waals surface area (Å²) < 4.78 is 4.67. The van der Waals surface area contributed by atoms with Crippen LogP contribution in [-0.4, -0.2) is 56.5 Å². The Morgan fingerprint density at radius 3 is 2.86 bits per heavy atom. The highest BCUT2D eigenvalue weighted by Crippen LogP contribution is 2.51. The lowest BCUT2D eigenvalue weighted by molar-refractivity contribution is -0.144. The summed E-state index contributed by atoms with van der Waals surface area (Å²) in [6, 6.07) is 0. The second-order valence-corrected chi connectivity index (χ2v) is 7.22. The fraction of sp³-hybridized carbons (Fsp3) is 0.583. The van der Waals surface area contributed by atoms with Gasteiger partial charge in [0.25, 0.3) is 5.91 Å². The minimum absolute atomic E-state index is 0.108. The Hall–Kier alpha value is -1.35. The lowest BCUT2D eigenvalue weighted by Gasteiger charge is -2.38. The molecule has 116 valence electrons. The number of carbonyl (C=O) groups excluding carboxylic acids is 2. The van der Waals surface area contributed by atoms with Gasteiger partial charge in [0.05, 0.1) is 0 Å². The number of hydrogen-bond donors (Lipinski definition) is 2. The number of nitrogens with zero attached hydrogens (tertiary/aromatic N) is 1. The third-order valence-corrected chi connectivity index (χ3v) is 6.04. The number of ether oxygens (including phenoxy) is 1. The van der Waals surface area contributed by atoms with E-state index >= 15 is 0 Å². The Balaban J connectivity index is 1.97. The highest BCUT2D eigenvalue weighted by atomic mass is 32.2. The van der Waals surface area contributed by atoms with Gasteiger partial charge in [-0.05, 0) is 6.92 Å². The molecule has 2 rings (SSSR count). The minimum atomic E-state index is -1.39. The number of amides is 2. The smallest absolute Gasteiger partial charge is 0.450 e. The number of nitrogens with one attached hydrogen (secondary N) is 1. The van der Waals surface area contributed by atoms with E-state index in [0.717, 1.165) is 0 Å². The summed E-state index contributed by atoms with van der Waals surface area (Å²) in [4.78, 5) is 35.0. The normalized spacial score (nSPS) is 29.0. The Morgan fingerprint density at radius 1 is 1.57 bits per heavy atom. The third kappa shape index (κ3) is 3.29. The van der Waals surface area contributed by atoms with E-state index < -0.39 is 12.4 Å². The maximum atomic E-state index is 11.9. The zero-order chi connectivity index (χ0) is 15.6. The van der Waals surface area contributed by atoms with Crippen molar-refractivity contribution in [2.45, 2.75) is 30.0 Å². The predicted octanol–water partition coefficient (Wildman–Crippen LogP) is 1.06. The van der Waals surface area contributed by atoms with Gasteiger partial charge in [-0.2, -0.15) is 0 Å².